The maximum Gasteiger partial charge on any atom is 0.0701 e. The first-order chi connectivity index (χ1) is 6.27. The minimum atomic E-state index is -0.0496. The van der Waals surface area contributed by atoms with Crippen LogP contribution in [0.25, 0.3) is 0 Å². The molecule has 0 radical (unpaired) electrons. The van der Waals surface area contributed by atoms with Crippen molar-refractivity contribution in [3.63, 3.8) is 0 Å². The first-order valence-corrected chi connectivity index (χ1v) is 5.12. The molecule has 3 heteroatoms. The Hall–Kier alpha value is -0.120. The summed E-state index contributed by atoms with van der Waals surface area (Å²) < 4.78 is 10.4. The summed E-state index contributed by atoms with van der Waals surface area (Å²) >= 11 is 0. The number of ether oxygens (including phenoxy) is 2. The van der Waals surface area contributed by atoms with E-state index in [1.807, 2.05) is 0 Å². The van der Waals surface area contributed by atoms with E-state index in [1.54, 1.807) is 7.11 Å². The number of methoxy groups -OCH3 is 1. The fourth-order valence-corrected chi connectivity index (χ4v) is 1.82. The molecule has 1 aliphatic carbocycles. The molecule has 3 nitrogen and oxygen atoms in total. The molecule has 0 heterocycles. The molecule has 0 aromatic carbocycles. The van der Waals surface area contributed by atoms with E-state index in [1.165, 1.54) is 19.3 Å². The molecule has 0 aromatic heterocycles. The molecule has 0 amide bonds. The molecule has 13 heavy (non-hydrogen) atoms. The second-order valence-electron chi connectivity index (χ2n) is 3.97. The van der Waals surface area contributed by atoms with Gasteiger partial charge in [-0.15, -0.1) is 0 Å². The van der Waals surface area contributed by atoms with Crippen molar-refractivity contribution in [3.8, 4) is 0 Å². The van der Waals surface area contributed by atoms with Gasteiger partial charge in [-0.05, 0) is 12.8 Å². The van der Waals surface area contributed by atoms with Crippen molar-refractivity contribution in [1.82, 2.24) is 0 Å². The predicted octanol–water partition coefficient (Wildman–Crippen LogP) is 1.31. The van der Waals surface area contributed by atoms with Crippen molar-refractivity contribution in [3.05, 3.63) is 0 Å². The van der Waals surface area contributed by atoms with Crippen LogP contribution >= 0.6 is 0 Å². The Bertz CT molecular complexity index is 133. The van der Waals surface area contributed by atoms with E-state index < -0.39 is 0 Å². The molecular formula is C10H21NO2. The summed E-state index contributed by atoms with van der Waals surface area (Å²) in [5, 5.41) is 0. The van der Waals surface area contributed by atoms with Gasteiger partial charge in [0.2, 0.25) is 0 Å². The Kier molecular flexibility index (Phi) is 4.70. The number of nitrogens with two attached hydrogens (primary N) is 1. The summed E-state index contributed by atoms with van der Waals surface area (Å²) in [4.78, 5) is 0. The van der Waals surface area contributed by atoms with Crippen molar-refractivity contribution in [2.24, 2.45) is 5.73 Å². The Balaban J connectivity index is 2.10. The van der Waals surface area contributed by atoms with Crippen LogP contribution in [0.2, 0.25) is 0 Å². The van der Waals surface area contributed by atoms with Gasteiger partial charge in [-0.1, -0.05) is 19.3 Å². The summed E-state index contributed by atoms with van der Waals surface area (Å²) in [6, 6.07) is 0. The average Bonchev–Trinajstić information content (AvgIpc) is 2.14. The van der Waals surface area contributed by atoms with E-state index >= 15 is 0 Å². The highest BCUT2D eigenvalue weighted by Crippen LogP contribution is 2.25. The molecular weight excluding hydrogens is 166 g/mol. The van der Waals surface area contributed by atoms with Gasteiger partial charge >= 0.3 is 0 Å². The van der Waals surface area contributed by atoms with E-state index in [0.717, 1.165) is 12.8 Å². The fraction of sp³-hybridized carbons (Fsp3) is 1.00. The molecule has 0 aromatic rings. The van der Waals surface area contributed by atoms with Crippen LogP contribution in [0.5, 0.6) is 0 Å². The van der Waals surface area contributed by atoms with E-state index in [-0.39, 0.29) is 5.54 Å². The number of rotatable bonds is 5. The summed E-state index contributed by atoms with van der Waals surface area (Å²) in [6.07, 6.45) is 6.06. The van der Waals surface area contributed by atoms with Gasteiger partial charge in [0.1, 0.15) is 0 Å². The Morgan fingerprint density at radius 1 is 1.15 bits per heavy atom. The van der Waals surface area contributed by atoms with Crippen LogP contribution in [-0.4, -0.2) is 32.5 Å². The minimum Gasteiger partial charge on any atom is -0.382 e. The average molecular weight is 187 g/mol. The maximum atomic E-state index is 6.18. The second kappa shape index (κ2) is 5.58. The molecule has 0 aliphatic heterocycles. The van der Waals surface area contributed by atoms with Crippen molar-refractivity contribution in [2.75, 3.05) is 26.9 Å². The zero-order valence-corrected chi connectivity index (χ0v) is 8.55. The summed E-state index contributed by atoms with van der Waals surface area (Å²) in [7, 11) is 1.68. The number of hydrogen-bond donors (Lipinski definition) is 1. The quantitative estimate of drug-likeness (QED) is 0.660. The van der Waals surface area contributed by atoms with Crippen LogP contribution in [-0.2, 0) is 9.47 Å². The van der Waals surface area contributed by atoms with Gasteiger partial charge < -0.3 is 15.2 Å². The maximum absolute atomic E-state index is 6.18. The Labute approximate surface area is 80.6 Å². The number of hydrogen-bond acceptors (Lipinski definition) is 3. The lowest BCUT2D eigenvalue weighted by molar-refractivity contribution is 0.0332. The Morgan fingerprint density at radius 3 is 2.46 bits per heavy atom. The van der Waals surface area contributed by atoms with Crippen LogP contribution in [0.15, 0.2) is 0 Å². The summed E-state index contributed by atoms with van der Waals surface area (Å²) in [5.74, 6) is 0. The zero-order valence-electron chi connectivity index (χ0n) is 8.55. The van der Waals surface area contributed by atoms with Gasteiger partial charge in [0, 0.05) is 12.6 Å². The van der Waals surface area contributed by atoms with Crippen LogP contribution in [0.3, 0.4) is 0 Å². The third-order valence-electron chi connectivity index (χ3n) is 2.67. The highest BCUT2D eigenvalue weighted by atomic mass is 16.5. The monoisotopic (exact) mass is 187 g/mol. The molecule has 1 rings (SSSR count). The third-order valence-corrected chi connectivity index (χ3v) is 2.67. The molecule has 0 atom stereocenters. The second-order valence-corrected chi connectivity index (χ2v) is 3.97. The summed E-state index contributed by atoms with van der Waals surface area (Å²) in [5.41, 5.74) is 6.13. The molecule has 0 spiro atoms. The van der Waals surface area contributed by atoms with Gasteiger partial charge in [-0.25, -0.2) is 0 Å². The van der Waals surface area contributed by atoms with E-state index in [4.69, 9.17) is 15.2 Å². The highest BCUT2D eigenvalue weighted by Gasteiger charge is 2.27. The molecule has 0 bridgehead atoms. The third kappa shape index (κ3) is 4.07. The van der Waals surface area contributed by atoms with Gasteiger partial charge in [0.25, 0.3) is 0 Å². The van der Waals surface area contributed by atoms with Crippen LogP contribution < -0.4 is 5.73 Å². The standard InChI is InChI=1S/C10H21NO2/c1-12-7-8-13-9-10(11)5-3-2-4-6-10/h2-9,11H2,1H3. The predicted molar refractivity (Wildman–Crippen MR) is 52.7 cm³/mol. The smallest absolute Gasteiger partial charge is 0.0701 e. The first-order valence-electron chi connectivity index (χ1n) is 5.12. The molecule has 78 valence electrons. The van der Waals surface area contributed by atoms with Crippen molar-refractivity contribution in [2.45, 2.75) is 37.6 Å². The first kappa shape index (κ1) is 11.0. The summed E-state index contributed by atoms with van der Waals surface area (Å²) in [6.45, 7) is 2.02. The topological polar surface area (TPSA) is 44.5 Å². The molecule has 1 aliphatic rings. The van der Waals surface area contributed by atoms with E-state index in [0.29, 0.717) is 19.8 Å². The normalized spacial score (nSPS) is 21.7. The molecule has 1 fully saturated rings. The van der Waals surface area contributed by atoms with Crippen molar-refractivity contribution < 1.29 is 9.47 Å². The minimum absolute atomic E-state index is 0.0496. The van der Waals surface area contributed by atoms with Gasteiger partial charge in [0.05, 0.1) is 19.8 Å². The van der Waals surface area contributed by atoms with Gasteiger partial charge in [-0.2, -0.15) is 0 Å². The van der Waals surface area contributed by atoms with Gasteiger partial charge in [0.15, 0.2) is 0 Å². The fourth-order valence-electron chi connectivity index (χ4n) is 1.82. The highest BCUT2D eigenvalue weighted by molar-refractivity contribution is 4.86. The lowest BCUT2D eigenvalue weighted by Gasteiger charge is -2.32. The van der Waals surface area contributed by atoms with Crippen molar-refractivity contribution in [1.29, 1.82) is 0 Å². The van der Waals surface area contributed by atoms with Gasteiger partial charge in [-0.3, -0.25) is 0 Å². The Morgan fingerprint density at radius 2 is 1.85 bits per heavy atom. The van der Waals surface area contributed by atoms with Crippen molar-refractivity contribution >= 4 is 0 Å². The molecule has 2 N–H and O–H groups in total. The van der Waals surface area contributed by atoms with Crippen LogP contribution in [0, 0.1) is 0 Å². The van der Waals surface area contributed by atoms with Crippen LogP contribution in [0.4, 0.5) is 0 Å². The SMILES string of the molecule is COCCOCC1(N)CCCCC1. The van der Waals surface area contributed by atoms with E-state index in [9.17, 15) is 0 Å². The molecule has 0 unspecified atom stereocenters. The van der Waals surface area contributed by atoms with E-state index in [2.05, 4.69) is 0 Å². The lowest BCUT2D eigenvalue weighted by atomic mass is 9.83. The van der Waals surface area contributed by atoms with Crippen LogP contribution in [0.1, 0.15) is 32.1 Å². The molecule has 0 saturated heterocycles. The largest absolute Gasteiger partial charge is 0.382 e. The molecule has 1 saturated carbocycles. The lowest BCUT2D eigenvalue weighted by Crippen LogP contribution is -2.46. The zero-order chi connectivity index (χ0) is 9.57.